The monoisotopic (exact) mass is 511 g/mol. The van der Waals surface area contributed by atoms with Crippen molar-refractivity contribution in [2.75, 3.05) is 26.3 Å². The summed E-state index contributed by atoms with van der Waals surface area (Å²) in [5.74, 6) is -0.390. The highest BCUT2D eigenvalue weighted by Gasteiger charge is 2.15. The maximum absolute atomic E-state index is 11.4. The minimum absolute atomic E-state index is 0.133. The van der Waals surface area contributed by atoms with Gasteiger partial charge in [-0.05, 0) is 27.7 Å². The molecule has 0 N–H and O–H groups in total. The Hall–Kier alpha value is 0.360. The number of alkyl halides is 2. The number of nitrogens with zero attached hydrogens (tertiary/aromatic N) is 1. The molecule has 0 saturated heterocycles. The van der Waals surface area contributed by atoms with E-state index in [4.69, 9.17) is 9.47 Å². The number of hydrogen-bond acceptors (Lipinski definition) is 5. The summed E-state index contributed by atoms with van der Waals surface area (Å²) in [7, 11) is 0. The number of carbonyl (C=O) groups excluding carboxylic acids is 2. The molecule has 0 aliphatic rings. The van der Waals surface area contributed by atoms with Gasteiger partial charge >= 0.3 is 11.9 Å². The molecule has 0 saturated carbocycles. The fourth-order valence-electron chi connectivity index (χ4n) is 1.38. The minimum Gasteiger partial charge on any atom is -0.464 e. The standard InChI is InChI=1S/C13H23I2NO4/c1-9(2)16(5-7-19-12(17)10(3)14)6-8-20-13(18)11(4)15/h9-11H,5-8H2,1-4H3. The third kappa shape index (κ3) is 9.32. The van der Waals surface area contributed by atoms with E-state index in [0.717, 1.165) is 0 Å². The first kappa shape index (κ1) is 20.4. The molecule has 0 spiro atoms. The van der Waals surface area contributed by atoms with Gasteiger partial charge in [0.05, 0.1) is 0 Å². The molecule has 2 unspecified atom stereocenters. The van der Waals surface area contributed by atoms with Gasteiger partial charge < -0.3 is 9.47 Å². The van der Waals surface area contributed by atoms with Gasteiger partial charge in [0.25, 0.3) is 0 Å². The SMILES string of the molecule is CC(I)C(=O)OCCN(CCOC(=O)C(C)I)C(C)C. The molecular weight excluding hydrogens is 488 g/mol. The van der Waals surface area contributed by atoms with E-state index in [9.17, 15) is 9.59 Å². The zero-order chi connectivity index (χ0) is 15.7. The first-order chi connectivity index (χ1) is 9.25. The van der Waals surface area contributed by atoms with E-state index in [1.165, 1.54) is 0 Å². The molecule has 20 heavy (non-hydrogen) atoms. The maximum Gasteiger partial charge on any atom is 0.318 e. The van der Waals surface area contributed by atoms with Crippen molar-refractivity contribution in [3.63, 3.8) is 0 Å². The number of halogens is 2. The summed E-state index contributed by atoms with van der Waals surface area (Å²) in [4.78, 5) is 24.8. The van der Waals surface area contributed by atoms with E-state index in [1.807, 2.05) is 45.2 Å². The molecule has 0 radical (unpaired) electrons. The van der Waals surface area contributed by atoms with Gasteiger partial charge in [0.15, 0.2) is 0 Å². The Balaban J connectivity index is 4.00. The van der Waals surface area contributed by atoms with Crippen LogP contribution in [0.2, 0.25) is 0 Å². The maximum atomic E-state index is 11.4. The molecule has 0 fully saturated rings. The number of hydrogen-bond donors (Lipinski definition) is 0. The highest BCUT2D eigenvalue weighted by Crippen LogP contribution is 2.04. The van der Waals surface area contributed by atoms with Crippen molar-refractivity contribution in [2.45, 2.75) is 41.6 Å². The molecule has 118 valence electrons. The molecule has 0 amide bonds. The lowest BCUT2D eigenvalue weighted by Crippen LogP contribution is -2.37. The second-order valence-electron chi connectivity index (χ2n) is 4.70. The third-order valence-corrected chi connectivity index (χ3v) is 3.64. The van der Waals surface area contributed by atoms with Crippen molar-refractivity contribution < 1.29 is 19.1 Å². The van der Waals surface area contributed by atoms with Crippen LogP contribution >= 0.6 is 45.2 Å². The topological polar surface area (TPSA) is 55.8 Å². The van der Waals surface area contributed by atoms with Crippen molar-refractivity contribution in [1.29, 1.82) is 0 Å². The van der Waals surface area contributed by atoms with E-state index in [-0.39, 0.29) is 19.8 Å². The van der Waals surface area contributed by atoms with Crippen LogP contribution in [0.4, 0.5) is 0 Å². The second-order valence-corrected chi connectivity index (χ2v) is 8.43. The number of rotatable bonds is 9. The smallest absolute Gasteiger partial charge is 0.318 e. The average Bonchev–Trinajstić information content (AvgIpc) is 2.35. The summed E-state index contributed by atoms with van der Waals surface area (Å²) in [6.45, 7) is 9.73. The largest absolute Gasteiger partial charge is 0.464 e. The van der Waals surface area contributed by atoms with Crippen LogP contribution in [0.5, 0.6) is 0 Å². The van der Waals surface area contributed by atoms with Crippen LogP contribution in [0.1, 0.15) is 27.7 Å². The Morgan fingerprint density at radius 2 is 1.25 bits per heavy atom. The van der Waals surface area contributed by atoms with Crippen molar-refractivity contribution in [3.05, 3.63) is 0 Å². The molecule has 2 atom stereocenters. The lowest BCUT2D eigenvalue weighted by atomic mass is 10.3. The number of carbonyl (C=O) groups is 2. The normalized spacial score (nSPS) is 14.2. The molecule has 0 aromatic heterocycles. The van der Waals surface area contributed by atoms with Gasteiger partial charge in [0.2, 0.25) is 0 Å². The van der Waals surface area contributed by atoms with Crippen molar-refractivity contribution in [2.24, 2.45) is 0 Å². The zero-order valence-corrected chi connectivity index (χ0v) is 16.7. The fourth-order valence-corrected chi connectivity index (χ4v) is 1.74. The Labute approximate surface area is 148 Å². The first-order valence-electron chi connectivity index (χ1n) is 6.61. The zero-order valence-electron chi connectivity index (χ0n) is 12.4. The highest BCUT2D eigenvalue weighted by molar-refractivity contribution is 14.1. The minimum atomic E-state index is -0.195. The quantitative estimate of drug-likeness (QED) is 0.271. The number of esters is 2. The van der Waals surface area contributed by atoms with Crippen LogP contribution in [0, 0.1) is 0 Å². The third-order valence-electron chi connectivity index (χ3n) is 2.63. The Bertz CT molecular complexity index is 283. The Morgan fingerprint density at radius 3 is 1.50 bits per heavy atom. The first-order valence-corrected chi connectivity index (χ1v) is 9.10. The fraction of sp³-hybridized carbons (Fsp3) is 0.846. The second kappa shape index (κ2) is 11.0. The van der Waals surface area contributed by atoms with Crippen LogP contribution < -0.4 is 0 Å². The molecule has 0 aromatic rings. The molecule has 5 nitrogen and oxygen atoms in total. The van der Waals surface area contributed by atoms with Crippen molar-refractivity contribution >= 4 is 57.1 Å². The highest BCUT2D eigenvalue weighted by atomic mass is 127. The summed E-state index contributed by atoms with van der Waals surface area (Å²) in [6, 6.07) is 0.307. The van der Waals surface area contributed by atoms with E-state index >= 15 is 0 Å². The van der Waals surface area contributed by atoms with Gasteiger partial charge in [-0.3, -0.25) is 14.5 Å². The van der Waals surface area contributed by atoms with Gasteiger partial charge in [-0.15, -0.1) is 0 Å². The van der Waals surface area contributed by atoms with Gasteiger partial charge in [-0.1, -0.05) is 45.2 Å². The van der Waals surface area contributed by atoms with Gasteiger partial charge in [0, 0.05) is 19.1 Å². The van der Waals surface area contributed by atoms with E-state index < -0.39 is 0 Å². The molecule has 0 aromatic carbocycles. The molecule has 0 rings (SSSR count). The number of ether oxygens (including phenoxy) is 2. The van der Waals surface area contributed by atoms with Gasteiger partial charge in [-0.25, -0.2) is 0 Å². The molecule has 0 aliphatic carbocycles. The van der Waals surface area contributed by atoms with Crippen LogP contribution in [0.3, 0.4) is 0 Å². The average molecular weight is 511 g/mol. The molecular formula is C13H23I2NO4. The van der Waals surface area contributed by atoms with Gasteiger partial charge in [0.1, 0.15) is 21.1 Å². The summed E-state index contributed by atoms with van der Waals surface area (Å²) in [6.07, 6.45) is 0. The van der Waals surface area contributed by atoms with Crippen molar-refractivity contribution in [1.82, 2.24) is 4.90 Å². The van der Waals surface area contributed by atoms with E-state index in [2.05, 4.69) is 18.7 Å². The van der Waals surface area contributed by atoms with Crippen molar-refractivity contribution in [3.8, 4) is 0 Å². The van der Waals surface area contributed by atoms with Crippen LogP contribution in [0.25, 0.3) is 0 Å². The van der Waals surface area contributed by atoms with E-state index in [0.29, 0.717) is 32.3 Å². The van der Waals surface area contributed by atoms with Gasteiger partial charge in [-0.2, -0.15) is 0 Å². The van der Waals surface area contributed by atoms with E-state index in [1.54, 1.807) is 13.8 Å². The lowest BCUT2D eigenvalue weighted by Gasteiger charge is -2.26. The lowest BCUT2D eigenvalue weighted by molar-refractivity contribution is -0.143. The molecule has 0 aliphatic heterocycles. The summed E-state index contributed by atoms with van der Waals surface area (Å²) >= 11 is 4.06. The molecule has 0 bridgehead atoms. The predicted octanol–water partition coefficient (Wildman–Crippen LogP) is 2.43. The summed E-state index contributed by atoms with van der Waals surface area (Å²) in [5.41, 5.74) is 0. The van der Waals surface area contributed by atoms with Crippen LogP contribution in [-0.2, 0) is 19.1 Å². The Kier molecular flexibility index (Phi) is 11.2. The molecule has 0 heterocycles. The van der Waals surface area contributed by atoms with Crippen LogP contribution in [-0.4, -0.2) is 57.0 Å². The predicted molar refractivity (Wildman–Crippen MR) is 95.6 cm³/mol. The summed E-state index contributed by atoms with van der Waals surface area (Å²) < 4.78 is 10.0. The molecule has 7 heteroatoms. The van der Waals surface area contributed by atoms with Crippen LogP contribution in [0.15, 0.2) is 0 Å². The summed E-state index contributed by atoms with van der Waals surface area (Å²) in [5, 5.41) is 0. The Morgan fingerprint density at radius 1 is 0.900 bits per heavy atom.